The molecule has 0 heterocycles. The molecule has 4 N–H and O–H groups in total. The second kappa shape index (κ2) is 5.66. The van der Waals surface area contributed by atoms with Crippen molar-refractivity contribution >= 4 is 23.1 Å². The molecule has 2 rings (SSSR count). The van der Waals surface area contributed by atoms with Crippen LogP contribution in [0.25, 0.3) is 0 Å². The van der Waals surface area contributed by atoms with E-state index in [1.54, 1.807) is 12.1 Å². The van der Waals surface area contributed by atoms with Crippen molar-refractivity contribution < 1.29 is 13.9 Å². The molecule has 2 aromatic rings. The first kappa shape index (κ1) is 14.0. The zero-order chi connectivity index (χ0) is 14.7. The highest BCUT2D eigenvalue weighted by Crippen LogP contribution is 2.26. The maximum atomic E-state index is 13.2. The molecule has 0 fully saturated rings. The van der Waals surface area contributed by atoms with E-state index < -0.39 is 11.7 Å². The second-order valence-electron chi connectivity index (χ2n) is 4.00. The lowest BCUT2D eigenvalue weighted by Gasteiger charge is -2.10. The number of hydrogen-bond acceptors (Lipinski definition) is 3. The molecule has 6 heteroatoms. The van der Waals surface area contributed by atoms with Crippen molar-refractivity contribution in [2.45, 2.75) is 0 Å². The van der Waals surface area contributed by atoms with Gasteiger partial charge in [-0.2, -0.15) is 0 Å². The van der Waals surface area contributed by atoms with Gasteiger partial charge in [0.05, 0.1) is 5.56 Å². The van der Waals surface area contributed by atoms with Crippen LogP contribution in [0.15, 0.2) is 42.5 Å². The zero-order valence-electron chi connectivity index (χ0n) is 10.3. The summed E-state index contributed by atoms with van der Waals surface area (Å²) < 4.78 is 18.7. The van der Waals surface area contributed by atoms with Crippen molar-refractivity contribution in [3.63, 3.8) is 0 Å². The topological polar surface area (TPSA) is 78.3 Å². The van der Waals surface area contributed by atoms with Crippen molar-refractivity contribution in [1.82, 2.24) is 0 Å². The number of rotatable bonds is 4. The van der Waals surface area contributed by atoms with Crippen molar-refractivity contribution in [1.29, 1.82) is 0 Å². The van der Waals surface area contributed by atoms with E-state index in [-0.39, 0.29) is 4.99 Å². The molecule has 0 spiro atoms. The lowest BCUT2D eigenvalue weighted by atomic mass is 10.2. The van der Waals surface area contributed by atoms with Gasteiger partial charge in [0.15, 0.2) is 0 Å². The third kappa shape index (κ3) is 3.10. The highest BCUT2D eigenvalue weighted by molar-refractivity contribution is 7.80. The molecule has 1 amide bonds. The Morgan fingerprint density at radius 2 is 1.75 bits per heavy atom. The van der Waals surface area contributed by atoms with Gasteiger partial charge < -0.3 is 16.2 Å². The van der Waals surface area contributed by atoms with Crippen molar-refractivity contribution in [2.24, 2.45) is 11.5 Å². The summed E-state index contributed by atoms with van der Waals surface area (Å²) in [6, 6.07) is 10.1. The van der Waals surface area contributed by atoms with E-state index in [2.05, 4.69) is 0 Å². The summed E-state index contributed by atoms with van der Waals surface area (Å²) >= 11 is 4.85. The number of carbonyl (C=O) groups is 1. The molecule has 102 valence electrons. The summed E-state index contributed by atoms with van der Waals surface area (Å²) in [7, 11) is 0. The molecule has 0 aliphatic rings. The summed E-state index contributed by atoms with van der Waals surface area (Å²) in [5.74, 6) is -0.184. The van der Waals surface area contributed by atoms with Crippen molar-refractivity contribution in [3.05, 3.63) is 59.4 Å². The minimum Gasteiger partial charge on any atom is -0.457 e. The fourth-order valence-corrected chi connectivity index (χ4v) is 1.76. The van der Waals surface area contributed by atoms with Gasteiger partial charge in [-0.15, -0.1) is 0 Å². The Labute approximate surface area is 120 Å². The van der Waals surface area contributed by atoms with Crippen LogP contribution in [0.2, 0.25) is 0 Å². The summed E-state index contributed by atoms with van der Waals surface area (Å²) in [6.45, 7) is 0. The number of carbonyl (C=O) groups excluding carboxylic acids is 1. The first-order chi connectivity index (χ1) is 9.47. The lowest BCUT2D eigenvalue weighted by molar-refractivity contribution is 0.100. The van der Waals surface area contributed by atoms with Crippen LogP contribution < -0.4 is 16.2 Å². The molecule has 0 unspecified atom stereocenters. The zero-order valence-corrected chi connectivity index (χ0v) is 11.1. The Hall–Kier alpha value is -2.47. The fraction of sp³-hybridized carbons (Fsp3) is 0. The van der Waals surface area contributed by atoms with E-state index in [1.165, 1.54) is 30.3 Å². The molecule has 20 heavy (non-hydrogen) atoms. The Balaban J connectivity index is 2.30. The third-order valence-electron chi connectivity index (χ3n) is 2.57. The van der Waals surface area contributed by atoms with Gasteiger partial charge in [0.1, 0.15) is 22.3 Å². The lowest BCUT2D eigenvalue weighted by Crippen LogP contribution is -2.11. The van der Waals surface area contributed by atoms with E-state index in [0.717, 1.165) is 0 Å². The molecular formula is C14H11FN2O2S. The Morgan fingerprint density at radius 3 is 2.30 bits per heavy atom. The fourth-order valence-electron chi connectivity index (χ4n) is 1.60. The Morgan fingerprint density at radius 1 is 1.10 bits per heavy atom. The average Bonchev–Trinajstić information content (AvgIpc) is 2.41. The number of halogens is 1. The van der Waals surface area contributed by atoms with E-state index in [9.17, 15) is 9.18 Å². The maximum absolute atomic E-state index is 13.2. The highest BCUT2D eigenvalue weighted by atomic mass is 32.1. The van der Waals surface area contributed by atoms with E-state index in [0.29, 0.717) is 22.6 Å². The summed E-state index contributed by atoms with van der Waals surface area (Å²) in [4.78, 5) is 11.0. The number of amides is 1. The predicted molar refractivity (Wildman–Crippen MR) is 77.3 cm³/mol. The van der Waals surface area contributed by atoms with Crippen LogP contribution in [0.3, 0.4) is 0 Å². The minimum atomic E-state index is -0.526. The smallest absolute Gasteiger partial charge is 0.248 e. The molecule has 0 atom stereocenters. The SMILES string of the molecule is NC(=O)c1ccc(Oc2ccc(F)cc2C(N)=S)cc1. The monoisotopic (exact) mass is 290 g/mol. The highest BCUT2D eigenvalue weighted by Gasteiger charge is 2.09. The van der Waals surface area contributed by atoms with Crippen LogP contribution in [-0.4, -0.2) is 10.9 Å². The number of thiocarbonyl (C=S) groups is 1. The first-order valence-corrected chi connectivity index (χ1v) is 6.05. The molecule has 2 aromatic carbocycles. The van der Waals surface area contributed by atoms with Gasteiger partial charge in [-0.3, -0.25) is 4.79 Å². The molecule has 0 aliphatic heterocycles. The quantitative estimate of drug-likeness (QED) is 0.847. The number of ether oxygens (including phenoxy) is 1. The summed E-state index contributed by atoms with van der Waals surface area (Å²) in [5, 5.41) is 0. The first-order valence-electron chi connectivity index (χ1n) is 5.64. The molecule has 0 radical (unpaired) electrons. The normalized spacial score (nSPS) is 10.1. The van der Waals surface area contributed by atoms with E-state index in [1.807, 2.05) is 0 Å². The van der Waals surface area contributed by atoms with Crippen LogP contribution in [0.1, 0.15) is 15.9 Å². The third-order valence-corrected chi connectivity index (χ3v) is 2.79. The van der Waals surface area contributed by atoms with Crippen LogP contribution >= 0.6 is 12.2 Å². The predicted octanol–water partition coefficient (Wildman–Crippen LogP) is 2.35. The molecule has 0 saturated heterocycles. The van der Waals surface area contributed by atoms with Crippen LogP contribution in [0.4, 0.5) is 4.39 Å². The number of nitrogens with two attached hydrogens (primary N) is 2. The van der Waals surface area contributed by atoms with Crippen LogP contribution in [-0.2, 0) is 0 Å². The standard InChI is InChI=1S/C14H11FN2O2S/c15-9-3-6-12(11(7-9)14(17)20)19-10-4-1-8(2-5-10)13(16)18/h1-7H,(H2,16,18)(H2,17,20). The molecular weight excluding hydrogens is 279 g/mol. The molecule has 4 nitrogen and oxygen atoms in total. The molecule has 0 bridgehead atoms. The largest absolute Gasteiger partial charge is 0.457 e. The van der Waals surface area contributed by atoms with Gasteiger partial charge >= 0.3 is 0 Å². The van der Waals surface area contributed by atoms with Crippen molar-refractivity contribution in [3.8, 4) is 11.5 Å². The van der Waals surface area contributed by atoms with Crippen LogP contribution in [0.5, 0.6) is 11.5 Å². The molecule has 0 aliphatic carbocycles. The van der Waals surface area contributed by atoms with E-state index in [4.69, 9.17) is 28.4 Å². The Kier molecular flexibility index (Phi) is 3.95. The van der Waals surface area contributed by atoms with Gasteiger partial charge in [0.25, 0.3) is 0 Å². The van der Waals surface area contributed by atoms with Crippen molar-refractivity contribution in [2.75, 3.05) is 0 Å². The Bertz CT molecular complexity index is 671. The van der Waals surface area contributed by atoms with E-state index >= 15 is 0 Å². The van der Waals surface area contributed by atoms with Gasteiger partial charge in [0, 0.05) is 5.56 Å². The number of hydrogen-bond donors (Lipinski definition) is 2. The van der Waals surface area contributed by atoms with Crippen LogP contribution in [0, 0.1) is 5.82 Å². The average molecular weight is 290 g/mol. The molecule has 0 aromatic heterocycles. The van der Waals surface area contributed by atoms with Gasteiger partial charge in [-0.05, 0) is 42.5 Å². The summed E-state index contributed by atoms with van der Waals surface area (Å²) in [6.07, 6.45) is 0. The number of benzene rings is 2. The van der Waals surface area contributed by atoms with Gasteiger partial charge in [-0.1, -0.05) is 12.2 Å². The second-order valence-corrected chi connectivity index (χ2v) is 4.44. The maximum Gasteiger partial charge on any atom is 0.248 e. The summed E-state index contributed by atoms with van der Waals surface area (Å²) in [5.41, 5.74) is 11.3. The van der Waals surface area contributed by atoms with Gasteiger partial charge in [-0.25, -0.2) is 4.39 Å². The molecule has 0 saturated carbocycles. The number of primary amides is 1. The minimum absolute atomic E-state index is 0.0354. The van der Waals surface area contributed by atoms with Gasteiger partial charge in [0.2, 0.25) is 5.91 Å².